The van der Waals surface area contributed by atoms with E-state index in [0.717, 1.165) is 21.2 Å². The fraction of sp³-hybridized carbons (Fsp3) is 0.0833. The molecule has 3 aromatic carbocycles. The van der Waals surface area contributed by atoms with Crippen molar-refractivity contribution in [1.82, 2.24) is 0 Å². The zero-order chi connectivity index (χ0) is 22.4. The second-order valence-electron chi connectivity index (χ2n) is 6.67. The summed E-state index contributed by atoms with van der Waals surface area (Å²) in [6.45, 7) is 1.68. The Bertz CT molecular complexity index is 1190. The second-order valence-corrected chi connectivity index (χ2v) is 8.40. The van der Waals surface area contributed by atoms with Crippen molar-refractivity contribution < 1.29 is 9.53 Å². The summed E-state index contributed by atoms with van der Waals surface area (Å²) >= 11 is 15.8. The maximum atomic E-state index is 12.2. The van der Waals surface area contributed by atoms with Crippen molar-refractivity contribution in [3.05, 3.63) is 91.9 Å². The molecule has 3 rings (SSSR count). The quantitative estimate of drug-likeness (QED) is 0.280. The van der Waals surface area contributed by atoms with Gasteiger partial charge in [-0.1, -0.05) is 63.4 Å². The monoisotopic (exact) mass is 514 g/mol. The molecule has 156 valence electrons. The molecule has 0 saturated carbocycles. The summed E-state index contributed by atoms with van der Waals surface area (Å²) < 4.78 is 6.48. The Morgan fingerprint density at radius 2 is 1.84 bits per heavy atom. The number of carbonyl (C=O) groups is 1. The summed E-state index contributed by atoms with van der Waals surface area (Å²) in [5.74, 6) is 0.0417. The van der Waals surface area contributed by atoms with Crippen LogP contribution in [0.2, 0.25) is 10.0 Å². The van der Waals surface area contributed by atoms with E-state index in [1.807, 2.05) is 37.3 Å². The third-order valence-corrected chi connectivity index (χ3v) is 5.59. The molecular weight excluding hydrogens is 499 g/mol. The van der Waals surface area contributed by atoms with Gasteiger partial charge < -0.3 is 10.1 Å². The van der Waals surface area contributed by atoms with Gasteiger partial charge in [-0.15, -0.1) is 0 Å². The summed E-state index contributed by atoms with van der Waals surface area (Å²) in [4.78, 5) is 12.2. The third-order valence-electron chi connectivity index (χ3n) is 4.36. The van der Waals surface area contributed by atoms with E-state index in [2.05, 4.69) is 27.3 Å². The van der Waals surface area contributed by atoms with Gasteiger partial charge in [-0.3, -0.25) is 4.79 Å². The molecule has 1 amide bonds. The number of ether oxygens (including phenoxy) is 1. The zero-order valence-electron chi connectivity index (χ0n) is 16.5. The Morgan fingerprint density at radius 3 is 2.48 bits per heavy atom. The fourth-order valence-electron chi connectivity index (χ4n) is 2.71. The van der Waals surface area contributed by atoms with Crippen molar-refractivity contribution in [2.24, 2.45) is 0 Å². The van der Waals surface area contributed by atoms with Crippen molar-refractivity contribution in [2.75, 3.05) is 11.9 Å². The van der Waals surface area contributed by atoms with Gasteiger partial charge in [0.05, 0.1) is 16.7 Å². The lowest BCUT2D eigenvalue weighted by Gasteiger charge is -2.10. The molecule has 0 aliphatic carbocycles. The minimum Gasteiger partial charge on any atom is -0.482 e. The number of nitriles is 1. The minimum atomic E-state index is -0.332. The lowest BCUT2D eigenvalue weighted by molar-refractivity contribution is -0.118. The summed E-state index contributed by atoms with van der Waals surface area (Å²) in [5.41, 5.74) is 3.57. The van der Waals surface area contributed by atoms with E-state index in [-0.39, 0.29) is 12.5 Å². The lowest BCUT2D eigenvalue weighted by atomic mass is 10.0. The van der Waals surface area contributed by atoms with Crippen LogP contribution in [-0.4, -0.2) is 12.5 Å². The molecule has 0 radical (unpaired) electrons. The zero-order valence-corrected chi connectivity index (χ0v) is 19.6. The first-order valence-electron chi connectivity index (χ1n) is 9.22. The highest BCUT2D eigenvalue weighted by molar-refractivity contribution is 9.10. The number of benzene rings is 3. The predicted molar refractivity (Wildman–Crippen MR) is 129 cm³/mol. The normalized spacial score (nSPS) is 11.0. The Kier molecular flexibility index (Phi) is 7.75. The molecule has 0 heterocycles. The molecule has 0 atom stereocenters. The number of carbonyl (C=O) groups excluding carboxylic acids is 1. The molecule has 0 aliphatic heterocycles. The van der Waals surface area contributed by atoms with Crippen molar-refractivity contribution in [1.29, 1.82) is 5.26 Å². The number of amides is 1. The van der Waals surface area contributed by atoms with Gasteiger partial charge in [0.2, 0.25) is 0 Å². The van der Waals surface area contributed by atoms with Crippen LogP contribution in [0, 0.1) is 18.3 Å². The molecule has 7 heteroatoms. The Morgan fingerprint density at radius 1 is 1.10 bits per heavy atom. The van der Waals surface area contributed by atoms with E-state index < -0.39 is 0 Å². The van der Waals surface area contributed by atoms with Crippen LogP contribution in [-0.2, 0) is 4.79 Å². The number of hydrogen-bond donors (Lipinski definition) is 1. The number of aryl methyl sites for hydroxylation is 1. The first-order valence-corrected chi connectivity index (χ1v) is 10.8. The Balaban J connectivity index is 1.66. The van der Waals surface area contributed by atoms with Gasteiger partial charge in [-0.25, -0.2) is 0 Å². The van der Waals surface area contributed by atoms with Gasteiger partial charge in [0, 0.05) is 15.2 Å². The molecule has 0 aromatic heterocycles. The van der Waals surface area contributed by atoms with Gasteiger partial charge in [0.15, 0.2) is 6.61 Å². The lowest BCUT2D eigenvalue weighted by Crippen LogP contribution is -2.20. The average Bonchev–Trinajstić information content (AvgIpc) is 2.75. The Hall–Kier alpha value is -2.78. The SMILES string of the molecule is Cc1ccc(NC(=O)COc2ccc(/C=C(\C#N)c3ccc(Br)cc3)cc2Cl)cc1Cl. The highest BCUT2D eigenvalue weighted by Crippen LogP contribution is 2.28. The van der Waals surface area contributed by atoms with Crippen molar-refractivity contribution in [3.63, 3.8) is 0 Å². The summed E-state index contributed by atoms with van der Waals surface area (Å²) in [5, 5.41) is 13.1. The average molecular weight is 516 g/mol. The van der Waals surface area contributed by atoms with Gasteiger partial charge in [-0.05, 0) is 66.1 Å². The smallest absolute Gasteiger partial charge is 0.262 e. The van der Waals surface area contributed by atoms with E-state index in [1.165, 1.54) is 0 Å². The topological polar surface area (TPSA) is 62.1 Å². The summed E-state index contributed by atoms with van der Waals surface area (Å²) in [7, 11) is 0. The summed E-state index contributed by atoms with van der Waals surface area (Å²) in [6, 6.07) is 20.1. The van der Waals surface area contributed by atoms with Gasteiger partial charge >= 0.3 is 0 Å². The fourth-order valence-corrected chi connectivity index (χ4v) is 3.40. The molecule has 0 aliphatic rings. The number of allylic oxidation sites excluding steroid dienone is 1. The van der Waals surface area contributed by atoms with Crippen LogP contribution < -0.4 is 10.1 Å². The third kappa shape index (κ3) is 6.35. The molecular formula is C24H17BrCl2N2O2. The number of nitrogens with one attached hydrogen (secondary N) is 1. The molecule has 0 spiro atoms. The first kappa shape index (κ1) is 22.9. The maximum absolute atomic E-state index is 12.2. The Labute approximate surface area is 199 Å². The molecule has 0 fully saturated rings. The molecule has 0 saturated heterocycles. The highest BCUT2D eigenvalue weighted by Gasteiger charge is 2.09. The minimum absolute atomic E-state index is 0.206. The van der Waals surface area contributed by atoms with Gasteiger partial charge in [0.25, 0.3) is 5.91 Å². The van der Waals surface area contributed by atoms with Gasteiger partial charge in [0.1, 0.15) is 5.75 Å². The molecule has 4 nitrogen and oxygen atoms in total. The van der Waals surface area contributed by atoms with Crippen LogP contribution in [0.25, 0.3) is 11.6 Å². The first-order chi connectivity index (χ1) is 14.9. The van der Waals surface area contributed by atoms with Crippen molar-refractivity contribution >= 4 is 62.4 Å². The van der Waals surface area contributed by atoms with Crippen LogP contribution in [0.3, 0.4) is 0 Å². The number of halogens is 3. The summed E-state index contributed by atoms with van der Waals surface area (Å²) in [6.07, 6.45) is 1.74. The number of rotatable bonds is 6. The van der Waals surface area contributed by atoms with E-state index in [4.69, 9.17) is 27.9 Å². The van der Waals surface area contributed by atoms with Crippen LogP contribution in [0.1, 0.15) is 16.7 Å². The highest BCUT2D eigenvalue weighted by atomic mass is 79.9. The van der Waals surface area contributed by atoms with E-state index in [1.54, 1.807) is 36.4 Å². The number of anilines is 1. The van der Waals surface area contributed by atoms with Crippen LogP contribution in [0.4, 0.5) is 5.69 Å². The molecule has 0 bridgehead atoms. The standard InChI is InChI=1S/C24H17BrCl2N2O2/c1-15-2-8-20(12-21(15)26)29-24(30)14-31-23-9-3-16(11-22(23)27)10-18(13-28)17-4-6-19(25)7-5-17/h2-12H,14H2,1H3,(H,29,30)/b18-10+. The van der Waals surface area contributed by atoms with Crippen LogP contribution in [0.15, 0.2) is 65.1 Å². The molecule has 0 unspecified atom stereocenters. The molecule has 1 N–H and O–H groups in total. The maximum Gasteiger partial charge on any atom is 0.262 e. The van der Waals surface area contributed by atoms with Crippen LogP contribution >= 0.6 is 39.1 Å². The van der Waals surface area contributed by atoms with Gasteiger partial charge in [-0.2, -0.15) is 5.26 Å². The van der Waals surface area contributed by atoms with E-state index in [0.29, 0.717) is 27.1 Å². The predicted octanol–water partition coefficient (Wildman–Crippen LogP) is 7.15. The number of nitrogens with zero attached hydrogens (tertiary/aromatic N) is 1. The largest absolute Gasteiger partial charge is 0.482 e. The molecule has 3 aromatic rings. The van der Waals surface area contributed by atoms with E-state index in [9.17, 15) is 10.1 Å². The van der Waals surface area contributed by atoms with Crippen LogP contribution in [0.5, 0.6) is 5.75 Å². The van der Waals surface area contributed by atoms with Crippen molar-refractivity contribution in [2.45, 2.75) is 6.92 Å². The van der Waals surface area contributed by atoms with Crippen molar-refractivity contribution in [3.8, 4) is 11.8 Å². The molecule has 31 heavy (non-hydrogen) atoms. The number of hydrogen-bond acceptors (Lipinski definition) is 3. The van der Waals surface area contributed by atoms with E-state index >= 15 is 0 Å². The second kappa shape index (κ2) is 10.5.